The highest BCUT2D eigenvalue weighted by Gasteiger charge is 2.12. The van der Waals surface area contributed by atoms with E-state index in [2.05, 4.69) is 20.7 Å². The van der Waals surface area contributed by atoms with Gasteiger partial charge < -0.3 is 24.6 Å². The number of hydrogen-bond acceptors (Lipinski definition) is 6. The van der Waals surface area contributed by atoms with Gasteiger partial charge in [-0.25, -0.2) is 4.98 Å². The number of aromatic nitrogens is 1. The van der Waals surface area contributed by atoms with Crippen molar-refractivity contribution >= 4 is 22.4 Å². The number of methoxy groups -OCH3 is 2. The molecule has 0 fully saturated rings. The number of anilines is 1. The number of nitrogens with one attached hydrogen (secondary N) is 1. The zero-order valence-electron chi connectivity index (χ0n) is 16.2. The third-order valence-electron chi connectivity index (χ3n) is 3.82. The summed E-state index contributed by atoms with van der Waals surface area (Å²) in [6.45, 7) is 1.29. The van der Waals surface area contributed by atoms with Gasteiger partial charge in [-0.3, -0.25) is 4.99 Å². The van der Waals surface area contributed by atoms with E-state index in [1.54, 1.807) is 32.6 Å². The molecule has 2 aromatic rings. The van der Waals surface area contributed by atoms with Crippen molar-refractivity contribution in [1.29, 1.82) is 0 Å². The maximum absolute atomic E-state index is 5.48. The van der Waals surface area contributed by atoms with Gasteiger partial charge in [0, 0.05) is 51.7 Å². The van der Waals surface area contributed by atoms with E-state index < -0.39 is 0 Å². The third-order valence-corrected chi connectivity index (χ3v) is 4.88. The van der Waals surface area contributed by atoms with Crippen LogP contribution in [-0.4, -0.2) is 58.3 Å². The van der Waals surface area contributed by atoms with Crippen LogP contribution in [0, 0.1) is 0 Å². The smallest absolute Gasteiger partial charge is 0.194 e. The molecule has 1 heterocycles. The van der Waals surface area contributed by atoms with Crippen LogP contribution >= 0.6 is 11.3 Å². The van der Waals surface area contributed by atoms with Gasteiger partial charge in [-0.05, 0) is 12.1 Å². The van der Waals surface area contributed by atoms with Crippen LogP contribution in [0.15, 0.2) is 28.6 Å². The summed E-state index contributed by atoms with van der Waals surface area (Å²) in [5.74, 6) is 2.36. The topological polar surface area (TPSA) is 62.2 Å². The molecule has 2 rings (SSSR count). The molecule has 1 aromatic heterocycles. The molecule has 0 unspecified atom stereocenters. The molecule has 26 heavy (non-hydrogen) atoms. The van der Waals surface area contributed by atoms with Crippen LogP contribution in [0.3, 0.4) is 0 Å². The second-order valence-corrected chi connectivity index (χ2v) is 6.79. The monoisotopic (exact) mass is 377 g/mol. The Balaban J connectivity index is 2.01. The lowest BCUT2D eigenvalue weighted by atomic mass is 10.2. The highest BCUT2D eigenvalue weighted by molar-refractivity contribution is 7.13. The average molecular weight is 378 g/mol. The van der Waals surface area contributed by atoms with E-state index >= 15 is 0 Å². The van der Waals surface area contributed by atoms with Crippen molar-refractivity contribution in [3.05, 3.63) is 34.8 Å². The summed E-state index contributed by atoms with van der Waals surface area (Å²) in [5, 5.41) is 6.41. The van der Waals surface area contributed by atoms with E-state index in [-0.39, 0.29) is 0 Å². The summed E-state index contributed by atoms with van der Waals surface area (Å²) in [4.78, 5) is 13.0. The number of thiazole rings is 1. The number of hydrogen-bond donors (Lipinski definition) is 1. The highest BCUT2D eigenvalue weighted by atomic mass is 32.1. The van der Waals surface area contributed by atoms with Gasteiger partial charge in [0.15, 0.2) is 11.1 Å². The maximum Gasteiger partial charge on any atom is 0.194 e. The van der Waals surface area contributed by atoms with Crippen molar-refractivity contribution in [2.24, 2.45) is 4.99 Å². The number of rotatable bonds is 7. The fourth-order valence-electron chi connectivity index (χ4n) is 2.45. The van der Waals surface area contributed by atoms with E-state index in [0.29, 0.717) is 13.1 Å². The molecular formula is C18H27N5O2S. The second kappa shape index (κ2) is 9.28. The molecule has 1 aromatic carbocycles. The fraction of sp³-hybridized carbons (Fsp3) is 0.444. The Labute approximate surface area is 159 Å². The molecule has 7 nitrogen and oxygen atoms in total. The molecule has 1 N–H and O–H groups in total. The molecule has 0 spiro atoms. The first-order valence-corrected chi connectivity index (χ1v) is 9.10. The van der Waals surface area contributed by atoms with Gasteiger partial charge in [0.1, 0.15) is 11.5 Å². The zero-order chi connectivity index (χ0) is 19.1. The summed E-state index contributed by atoms with van der Waals surface area (Å²) >= 11 is 1.63. The van der Waals surface area contributed by atoms with Crippen LogP contribution in [0.25, 0.3) is 0 Å². The van der Waals surface area contributed by atoms with E-state index in [0.717, 1.165) is 33.8 Å². The maximum atomic E-state index is 5.48. The van der Waals surface area contributed by atoms with Crippen molar-refractivity contribution in [3.8, 4) is 11.5 Å². The lowest BCUT2D eigenvalue weighted by Gasteiger charge is -2.23. The summed E-state index contributed by atoms with van der Waals surface area (Å²) in [5.41, 5.74) is 2.05. The van der Waals surface area contributed by atoms with Crippen LogP contribution in [0.5, 0.6) is 11.5 Å². The fourth-order valence-corrected chi connectivity index (χ4v) is 3.21. The number of guanidine groups is 1. The summed E-state index contributed by atoms with van der Waals surface area (Å²) in [6, 6.07) is 5.82. The normalized spacial score (nSPS) is 11.2. The molecule has 0 aliphatic carbocycles. The van der Waals surface area contributed by atoms with E-state index in [9.17, 15) is 0 Å². The SMILES string of the molecule is CN=C(NCc1csc(N(C)C)n1)N(C)Cc1ccc(OC)cc1OC. The molecule has 0 atom stereocenters. The summed E-state index contributed by atoms with van der Waals surface area (Å²) in [6.07, 6.45) is 0. The molecule has 8 heteroatoms. The van der Waals surface area contributed by atoms with Crippen LogP contribution in [0.2, 0.25) is 0 Å². The first kappa shape index (κ1) is 19.8. The molecule has 0 radical (unpaired) electrons. The molecule has 0 saturated carbocycles. The van der Waals surface area contributed by atoms with Gasteiger partial charge in [-0.2, -0.15) is 0 Å². The molecular weight excluding hydrogens is 350 g/mol. The minimum Gasteiger partial charge on any atom is -0.497 e. The van der Waals surface area contributed by atoms with Gasteiger partial charge in [-0.15, -0.1) is 11.3 Å². The number of nitrogens with zero attached hydrogens (tertiary/aromatic N) is 4. The van der Waals surface area contributed by atoms with Gasteiger partial charge in [0.2, 0.25) is 0 Å². The van der Waals surface area contributed by atoms with Crippen molar-refractivity contribution < 1.29 is 9.47 Å². The average Bonchev–Trinajstić information content (AvgIpc) is 3.12. The Hall–Kier alpha value is -2.48. The molecule has 0 saturated heterocycles. The lowest BCUT2D eigenvalue weighted by molar-refractivity contribution is 0.382. The minimum atomic E-state index is 0.626. The largest absolute Gasteiger partial charge is 0.497 e. The quantitative estimate of drug-likeness (QED) is 0.591. The van der Waals surface area contributed by atoms with Crippen molar-refractivity contribution in [2.75, 3.05) is 47.3 Å². The number of benzene rings is 1. The van der Waals surface area contributed by atoms with Gasteiger partial charge in [0.05, 0.1) is 26.5 Å². The lowest BCUT2D eigenvalue weighted by Crippen LogP contribution is -2.38. The predicted octanol–water partition coefficient (Wildman–Crippen LogP) is 2.43. The Morgan fingerprint density at radius 1 is 1.23 bits per heavy atom. The van der Waals surface area contributed by atoms with E-state index in [4.69, 9.17) is 9.47 Å². The molecule has 142 valence electrons. The first-order valence-electron chi connectivity index (χ1n) is 8.23. The Kier molecular flexibility index (Phi) is 7.08. The summed E-state index contributed by atoms with van der Waals surface area (Å²) in [7, 11) is 11.1. The van der Waals surface area contributed by atoms with Crippen molar-refractivity contribution in [2.45, 2.75) is 13.1 Å². The summed E-state index contributed by atoms with van der Waals surface area (Å²) < 4.78 is 10.7. The van der Waals surface area contributed by atoms with Gasteiger partial charge in [0.25, 0.3) is 0 Å². The molecule has 0 aliphatic heterocycles. The van der Waals surface area contributed by atoms with Crippen LogP contribution in [0.4, 0.5) is 5.13 Å². The second-order valence-electron chi connectivity index (χ2n) is 5.95. The van der Waals surface area contributed by atoms with Crippen molar-refractivity contribution in [1.82, 2.24) is 15.2 Å². The Morgan fingerprint density at radius 2 is 2.00 bits per heavy atom. The zero-order valence-corrected chi connectivity index (χ0v) is 17.1. The van der Waals surface area contributed by atoms with Crippen molar-refractivity contribution in [3.63, 3.8) is 0 Å². The predicted molar refractivity (Wildman–Crippen MR) is 108 cm³/mol. The van der Waals surface area contributed by atoms with Gasteiger partial charge >= 0.3 is 0 Å². The number of ether oxygens (including phenoxy) is 2. The van der Waals surface area contributed by atoms with E-state index in [1.807, 2.05) is 49.1 Å². The Bertz CT molecular complexity index is 745. The number of aliphatic imine (C=N–C) groups is 1. The van der Waals surface area contributed by atoms with Crippen LogP contribution in [0.1, 0.15) is 11.3 Å². The standard InChI is InChI=1S/C18H27N5O2S/c1-19-17(20-10-14-12-26-18(21-14)22(2)3)23(4)11-13-7-8-15(24-5)9-16(13)25-6/h7-9,12H,10-11H2,1-6H3,(H,19,20). The molecule has 0 amide bonds. The third kappa shape index (κ3) is 5.01. The highest BCUT2D eigenvalue weighted by Crippen LogP contribution is 2.25. The minimum absolute atomic E-state index is 0.626. The molecule has 0 bridgehead atoms. The van der Waals surface area contributed by atoms with Gasteiger partial charge in [-0.1, -0.05) is 0 Å². The molecule has 0 aliphatic rings. The first-order chi connectivity index (χ1) is 12.5. The van der Waals surface area contributed by atoms with Crippen LogP contribution < -0.4 is 19.7 Å². The Morgan fingerprint density at radius 3 is 2.58 bits per heavy atom. The van der Waals surface area contributed by atoms with E-state index in [1.165, 1.54) is 0 Å². The van der Waals surface area contributed by atoms with Crippen LogP contribution in [-0.2, 0) is 13.1 Å².